The van der Waals surface area contributed by atoms with Crippen LogP contribution in [0.1, 0.15) is 0 Å². The zero-order chi connectivity index (χ0) is 11.0. The second-order valence-electron chi connectivity index (χ2n) is 3.22. The molecule has 0 aromatic carbocycles. The molecule has 0 radical (unpaired) electrons. The Hall–Kier alpha value is -0.670. The van der Waals surface area contributed by atoms with E-state index in [2.05, 4.69) is 24.8 Å². The van der Waals surface area contributed by atoms with Gasteiger partial charge in [0, 0.05) is 0 Å². The van der Waals surface area contributed by atoms with Crippen LogP contribution in [0.4, 0.5) is 5.82 Å². The van der Waals surface area contributed by atoms with Gasteiger partial charge in [0.05, 0.1) is 0 Å². The fourth-order valence-corrected chi connectivity index (χ4v) is 3.40. The Morgan fingerprint density at radius 3 is 3.25 bits per heavy atom. The van der Waals surface area contributed by atoms with Crippen LogP contribution < -0.4 is 26.5 Å². The molecule has 86 valence electrons. The number of halogens is 2. The summed E-state index contributed by atoms with van der Waals surface area (Å²) in [6.07, 6.45) is 1.61. The molecule has 6 nitrogen and oxygen atoms in total. The maximum atomic E-state index is 5.87. The molecule has 3 heterocycles. The van der Waals surface area contributed by atoms with E-state index in [0.717, 1.165) is 29.0 Å². The summed E-state index contributed by atoms with van der Waals surface area (Å²) in [4.78, 5) is 17.6. The van der Waals surface area contributed by atoms with Gasteiger partial charge in [-0.1, -0.05) is 0 Å². The van der Waals surface area contributed by atoms with Gasteiger partial charge in [-0.3, -0.25) is 0 Å². The molecule has 1 fully saturated rings. The van der Waals surface area contributed by atoms with E-state index in [1.807, 2.05) is 0 Å². The van der Waals surface area contributed by atoms with Gasteiger partial charge in [-0.15, -0.1) is 0 Å². The molecule has 0 unspecified atom stereocenters. The number of anilines is 1. The maximum absolute atomic E-state index is 5.87. The van der Waals surface area contributed by atoms with Crippen LogP contribution in [0.5, 0.6) is 0 Å². The number of nitrogens with one attached hydrogen (secondary N) is 1. The van der Waals surface area contributed by atoms with Gasteiger partial charge in [0.1, 0.15) is 0 Å². The van der Waals surface area contributed by atoms with Crippen molar-refractivity contribution in [2.75, 3.05) is 22.6 Å². The minimum atomic E-state index is -0.215. The number of rotatable bonds is 1. The van der Waals surface area contributed by atoms with Gasteiger partial charge in [0.25, 0.3) is 0 Å². The van der Waals surface area contributed by atoms with Crippen LogP contribution in [0.15, 0.2) is 6.33 Å². The van der Waals surface area contributed by atoms with Gasteiger partial charge in [-0.05, 0) is 0 Å². The van der Waals surface area contributed by atoms with Crippen molar-refractivity contribution >= 4 is 28.6 Å². The monoisotopic (exact) mass is 352 g/mol. The van der Waals surface area contributed by atoms with E-state index in [1.165, 1.54) is 0 Å². The zero-order valence-electron chi connectivity index (χ0n) is 8.15. The van der Waals surface area contributed by atoms with E-state index < -0.39 is 0 Å². The molecule has 0 spiro atoms. The first-order valence-corrected chi connectivity index (χ1v) is 7.45. The molecule has 0 bridgehead atoms. The van der Waals surface area contributed by atoms with Crippen molar-refractivity contribution in [1.29, 1.82) is 0 Å². The average molecular weight is 353 g/mol. The predicted octanol–water partition coefficient (Wildman–Crippen LogP) is -2.20. The van der Waals surface area contributed by atoms with E-state index in [4.69, 9.17) is 14.7 Å². The molecular formula is C8H8ClIN5O-. The fourth-order valence-electron chi connectivity index (χ4n) is 1.54. The van der Waals surface area contributed by atoms with E-state index in [9.17, 15) is 0 Å². The van der Waals surface area contributed by atoms with Gasteiger partial charge in [0.15, 0.2) is 0 Å². The Morgan fingerprint density at radius 1 is 1.50 bits per heavy atom. The number of aromatic nitrogens is 4. The average Bonchev–Trinajstić information content (AvgIpc) is 2.77. The number of nitrogens with zero attached hydrogens (tertiary/aromatic N) is 4. The van der Waals surface area contributed by atoms with Crippen molar-refractivity contribution in [3.63, 3.8) is 0 Å². The second-order valence-corrected chi connectivity index (χ2v) is 5.49. The second kappa shape index (κ2) is 4.30. The first kappa shape index (κ1) is 10.5. The zero-order valence-corrected chi connectivity index (χ0v) is 11.1. The number of alkyl halides is 1. The molecule has 2 aromatic heterocycles. The summed E-state index contributed by atoms with van der Waals surface area (Å²) in [6, 6.07) is 0. The van der Waals surface area contributed by atoms with E-state index in [1.54, 1.807) is 6.33 Å². The van der Waals surface area contributed by atoms with Crippen LogP contribution >= 0.6 is 11.6 Å². The number of H-pyrrole nitrogens is 1. The summed E-state index contributed by atoms with van der Waals surface area (Å²) in [5.41, 5.74) is 1.45. The number of hydrogen-bond donors (Lipinski definition) is 1. The normalized spacial score (nSPS) is 17.4. The van der Waals surface area contributed by atoms with Crippen LogP contribution in [-0.2, 0) is 3.07 Å². The van der Waals surface area contributed by atoms with Crippen LogP contribution in [0, 0.1) is 0 Å². The van der Waals surface area contributed by atoms with Crippen molar-refractivity contribution in [1.82, 2.24) is 19.9 Å². The summed E-state index contributed by atoms with van der Waals surface area (Å²) in [7, 11) is 0. The molecule has 3 rings (SSSR count). The number of fused-ring (bicyclic) bond motifs is 1. The van der Waals surface area contributed by atoms with E-state index >= 15 is 0 Å². The molecule has 0 aliphatic carbocycles. The fraction of sp³-hybridized carbons (Fsp3) is 0.375. The molecule has 0 saturated carbocycles. The number of aromatic amines is 1. The van der Waals surface area contributed by atoms with Gasteiger partial charge in [-0.2, -0.15) is 0 Å². The van der Waals surface area contributed by atoms with Gasteiger partial charge in [-0.25, -0.2) is 0 Å². The quantitative estimate of drug-likeness (QED) is 0.273. The number of hydrogen-bond acceptors (Lipinski definition) is 5. The molecule has 16 heavy (non-hydrogen) atoms. The van der Waals surface area contributed by atoms with E-state index in [0.29, 0.717) is 5.65 Å². The molecule has 1 N–H and O–H groups in total. The first-order valence-electron chi connectivity index (χ1n) is 4.67. The molecule has 1 aliphatic rings. The molecular weight excluding hydrogens is 344 g/mol. The minimum absolute atomic E-state index is 0.215. The van der Waals surface area contributed by atoms with Crippen molar-refractivity contribution in [2.45, 2.75) is 0 Å². The molecule has 1 aliphatic heterocycles. The molecule has 0 amide bonds. The summed E-state index contributed by atoms with van der Waals surface area (Å²) in [5.74, 6) is 0.829. The molecule has 1 saturated heterocycles. The summed E-state index contributed by atoms with van der Waals surface area (Å²) in [6.45, 7) is 1.59. The third-order valence-electron chi connectivity index (χ3n) is 2.25. The first-order chi connectivity index (χ1) is 7.84. The molecule has 2 aromatic rings. The third-order valence-corrected chi connectivity index (χ3v) is 4.40. The van der Waals surface area contributed by atoms with Crippen LogP contribution in [0.2, 0.25) is 5.28 Å². The Bertz CT molecular complexity index is 512. The number of imidazole rings is 1. The van der Waals surface area contributed by atoms with Crippen LogP contribution in [-0.4, -0.2) is 37.6 Å². The summed E-state index contributed by atoms with van der Waals surface area (Å²) in [5, 5.41) is 0.235. The Morgan fingerprint density at radius 2 is 2.44 bits per heavy atom. The predicted molar refractivity (Wildman–Crippen MR) is 54.9 cm³/mol. The third kappa shape index (κ3) is 1.82. The Labute approximate surface area is 107 Å². The Kier molecular flexibility index (Phi) is 2.82. The van der Waals surface area contributed by atoms with Crippen molar-refractivity contribution in [3.8, 4) is 0 Å². The van der Waals surface area contributed by atoms with Gasteiger partial charge in [0.2, 0.25) is 0 Å². The molecule has 0 atom stereocenters. The van der Waals surface area contributed by atoms with Crippen LogP contribution in [0.25, 0.3) is 11.2 Å². The Balaban J connectivity index is 2.09. The standard InChI is InChI=1S/C8H8ClIN5O/c9-8-13-6-5(11-4-12-6)7(14-8)15-1-2-16-10-3-15/h4H,1-3H2,(H,11,12,13,14)/q-1. The summed E-state index contributed by atoms with van der Waals surface area (Å²) >= 11 is 5.66. The van der Waals surface area contributed by atoms with Crippen molar-refractivity contribution in [3.05, 3.63) is 11.6 Å². The van der Waals surface area contributed by atoms with Crippen molar-refractivity contribution < 1.29 is 24.7 Å². The summed E-state index contributed by atoms with van der Waals surface area (Å²) < 4.78 is 6.33. The molecule has 8 heteroatoms. The topological polar surface area (TPSA) is 66.9 Å². The van der Waals surface area contributed by atoms with Gasteiger partial charge >= 0.3 is 107 Å². The SMILES string of the molecule is Clc1nc(N2CCO[I-]C2)c2[nH]cnc2n1. The van der Waals surface area contributed by atoms with Gasteiger partial charge < -0.3 is 0 Å². The van der Waals surface area contributed by atoms with Crippen LogP contribution in [0.3, 0.4) is 0 Å². The van der Waals surface area contributed by atoms with Crippen molar-refractivity contribution in [2.24, 2.45) is 0 Å². The van der Waals surface area contributed by atoms with E-state index in [-0.39, 0.29) is 26.9 Å².